The third kappa shape index (κ3) is 4.55. The van der Waals surface area contributed by atoms with Crippen molar-refractivity contribution in [2.75, 3.05) is 13.1 Å². The molecule has 1 fully saturated rings. The maximum atomic E-state index is 11.6. The van der Waals surface area contributed by atoms with E-state index in [1.54, 1.807) is 0 Å². The fraction of sp³-hybridized carbons (Fsp3) is 0.533. The van der Waals surface area contributed by atoms with E-state index in [1.807, 2.05) is 13.0 Å². The second kappa shape index (κ2) is 6.96. The first-order chi connectivity index (χ1) is 9.15. The third-order valence-electron chi connectivity index (χ3n) is 3.56. The quantitative estimate of drug-likeness (QED) is 0.827. The summed E-state index contributed by atoms with van der Waals surface area (Å²) in [6.07, 6.45) is 2.05. The van der Waals surface area contributed by atoms with Crippen LogP contribution in [0.2, 0.25) is 0 Å². The molecular weight excluding hydrogens is 256 g/mol. The standard InChI is InChI=1S/C15H22N2OS/c1-12(19)15(18)16-14-7-9-17(10-8-14)11-13-5-3-2-4-6-13/h2-6,12,14,19H,7-11H2,1H3,(H,16,18). The second-order valence-corrected chi connectivity index (χ2v) is 6.00. The number of carbonyl (C=O) groups is 1. The van der Waals surface area contributed by atoms with Gasteiger partial charge in [-0.25, -0.2) is 0 Å². The van der Waals surface area contributed by atoms with Gasteiger partial charge in [0.25, 0.3) is 0 Å². The summed E-state index contributed by atoms with van der Waals surface area (Å²) in [5.41, 5.74) is 1.36. The lowest BCUT2D eigenvalue weighted by molar-refractivity contribution is -0.121. The molecule has 1 N–H and O–H groups in total. The van der Waals surface area contributed by atoms with Crippen LogP contribution in [-0.2, 0) is 11.3 Å². The zero-order valence-electron chi connectivity index (χ0n) is 11.4. The number of likely N-dealkylation sites (tertiary alicyclic amines) is 1. The van der Waals surface area contributed by atoms with E-state index in [2.05, 4.69) is 47.1 Å². The Morgan fingerprint density at radius 1 is 1.37 bits per heavy atom. The van der Waals surface area contributed by atoms with Gasteiger partial charge in [0.05, 0.1) is 5.25 Å². The molecule has 1 aliphatic heterocycles. The number of hydrogen-bond donors (Lipinski definition) is 2. The van der Waals surface area contributed by atoms with E-state index in [9.17, 15) is 4.79 Å². The summed E-state index contributed by atoms with van der Waals surface area (Å²) in [7, 11) is 0. The average Bonchev–Trinajstić information content (AvgIpc) is 2.42. The summed E-state index contributed by atoms with van der Waals surface area (Å²) < 4.78 is 0. The van der Waals surface area contributed by atoms with Gasteiger partial charge in [0.1, 0.15) is 0 Å². The first kappa shape index (κ1) is 14.4. The van der Waals surface area contributed by atoms with Crippen LogP contribution < -0.4 is 5.32 Å². The lowest BCUT2D eigenvalue weighted by atomic mass is 10.0. The molecule has 0 aromatic heterocycles. The van der Waals surface area contributed by atoms with Crippen molar-refractivity contribution in [3.8, 4) is 0 Å². The Morgan fingerprint density at radius 2 is 2.00 bits per heavy atom. The van der Waals surface area contributed by atoms with Crippen LogP contribution in [0.1, 0.15) is 25.3 Å². The number of amides is 1. The second-order valence-electron chi connectivity index (χ2n) is 5.22. The van der Waals surface area contributed by atoms with Crippen molar-refractivity contribution in [1.29, 1.82) is 0 Å². The molecule has 1 aromatic rings. The molecule has 104 valence electrons. The van der Waals surface area contributed by atoms with E-state index in [1.165, 1.54) is 5.56 Å². The lowest BCUT2D eigenvalue weighted by Gasteiger charge is -2.32. The number of nitrogens with one attached hydrogen (secondary N) is 1. The highest BCUT2D eigenvalue weighted by Crippen LogP contribution is 2.14. The van der Waals surface area contributed by atoms with E-state index in [0.29, 0.717) is 6.04 Å². The van der Waals surface area contributed by atoms with Gasteiger partial charge in [-0.3, -0.25) is 9.69 Å². The van der Waals surface area contributed by atoms with Crippen LogP contribution in [0.3, 0.4) is 0 Å². The highest BCUT2D eigenvalue weighted by atomic mass is 32.1. The van der Waals surface area contributed by atoms with E-state index in [-0.39, 0.29) is 11.2 Å². The Bertz CT molecular complexity index is 400. The smallest absolute Gasteiger partial charge is 0.232 e. The third-order valence-corrected chi connectivity index (χ3v) is 3.80. The van der Waals surface area contributed by atoms with Crippen molar-refractivity contribution in [2.45, 2.75) is 37.6 Å². The van der Waals surface area contributed by atoms with Crippen LogP contribution in [0.15, 0.2) is 30.3 Å². The molecule has 0 aliphatic carbocycles. The van der Waals surface area contributed by atoms with Gasteiger partial charge in [-0.1, -0.05) is 30.3 Å². The SMILES string of the molecule is CC(S)C(=O)NC1CCN(Cc2ccccc2)CC1. The van der Waals surface area contributed by atoms with E-state index >= 15 is 0 Å². The summed E-state index contributed by atoms with van der Waals surface area (Å²) in [6, 6.07) is 10.8. The summed E-state index contributed by atoms with van der Waals surface area (Å²) in [5, 5.41) is 2.84. The molecule has 1 saturated heterocycles. The van der Waals surface area contributed by atoms with Crippen LogP contribution in [0.5, 0.6) is 0 Å². The van der Waals surface area contributed by atoms with Crippen molar-refractivity contribution >= 4 is 18.5 Å². The highest BCUT2D eigenvalue weighted by molar-refractivity contribution is 7.81. The largest absolute Gasteiger partial charge is 0.352 e. The number of thiol groups is 1. The Labute approximate surface area is 120 Å². The van der Waals surface area contributed by atoms with Gasteiger partial charge >= 0.3 is 0 Å². The number of carbonyl (C=O) groups excluding carboxylic acids is 1. The molecule has 2 rings (SSSR count). The van der Waals surface area contributed by atoms with Crippen LogP contribution >= 0.6 is 12.6 Å². The molecule has 0 spiro atoms. The van der Waals surface area contributed by atoms with E-state index in [4.69, 9.17) is 0 Å². The van der Waals surface area contributed by atoms with Crippen molar-refractivity contribution in [3.05, 3.63) is 35.9 Å². The van der Waals surface area contributed by atoms with Gasteiger partial charge < -0.3 is 5.32 Å². The maximum Gasteiger partial charge on any atom is 0.232 e. The van der Waals surface area contributed by atoms with Crippen molar-refractivity contribution in [1.82, 2.24) is 10.2 Å². The zero-order chi connectivity index (χ0) is 13.7. The predicted octanol–water partition coefficient (Wildman–Crippen LogP) is 2.09. The average molecular weight is 278 g/mol. The number of rotatable bonds is 4. The zero-order valence-corrected chi connectivity index (χ0v) is 12.3. The lowest BCUT2D eigenvalue weighted by Crippen LogP contribution is -2.46. The number of nitrogens with zero attached hydrogens (tertiary/aromatic N) is 1. The minimum atomic E-state index is -0.220. The molecule has 1 atom stereocenters. The molecule has 19 heavy (non-hydrogen) atoms. The van der Waals surface area contributed by atoms with Gasteiger partial charge in [-0.05, 0) is 25.3 Å². The minimum Gasteiger partial charge on any atom is -0.352 e. The Balaban J connectivity index is 1.75. The Morgan fingerprint density at radius 3 is 2.58 bits per heavy atom. The molecule has 0 saturated carbocycles. The number of benzene rings is 1. The molecule has 1 aliphatic rings. The van der Waals surface area contributed by atoms with Crippen LogP contribution in [0.4, 0.5) is 0 Å². The fourth-order valence-electron chi connectivity index (χ4n) is 2.40. The normalized spacial score (nSPS) is 19.1. The molecule has 4 heteroatoms. The molecule has 1 heterocycles. The first-order valence-corrected chi connectivity index (χ1v) is 7.41. The molecule has 0 bridgehead atoms. The number of hydrogen-bond acceptors (Lipinski definition) is 3. The van der Waals surface area contributed by atoms with Crippen molar-refractivity contribution in [3.63, 3.8) is 0 Å². The topological polar surface area (TPSA) is 32.3 Å². The molecule has 1 unspecified atom stereocenters. The summed E-state index contributed by atoms with van der Waals surface area (Å²) in [5.74, 6) is 0.0462. The highest BCUT2D eigenvalue weighted by Gasteiger charge is 2.21. The minimum absolute atomic E-state index is 0.0462. The Kier molecular flexibility index (Phi) is 5.28. The van der Waals surface area contributed by atoms with Crippen LogP contribution in [0, 0.1) is 0 Å². The molecule has 1 amide bonds. The summed E-state index contributed by atoms with van der Waals surface area (Å²) in [6.45, 7) is 4.90. The Hall–Kier alpha value is -1.00. The summed E-state index contributed by atoms with van der Waals surface area (Å²) in [4.78, 5) is 14.0. The predicted molar refractivity (Wildman–Crippen MR) is 81.3 cm³/mol. The van der Waals surface area contributed by atoms with Gasteiger partial charge in [-0.15, -0.1) is 0 Å². The fourth-order valence-corrected chi connectivity index (χ4v) is 2.47. The molecule has 1 aromatic carbocycles. The van der Waals surface area contributed by atoms with Gasteiger partial charge in [-0.2, -0.15) is 12.6 Å². The van der Waals surface area contributed by atoms with Crippen LogP contribution in [-0.4, -0.2) is 35.2 Å². The van der Waals surface area contributed by atoms with Gasteiger partial charge in [0, 0.05) is 25.7 Å². The van der Waals surface area contributed by atoms with E-state index < -0.39 is 0 Å². The van der Waals surface area contributed by atoms with Crippen molar-refractivity contribution in [2.24, 2.45) is 0 Å². The summed E-state index contributed by atoms with van der Waals surface area (Å²) >= 11 is 4.15. The molecule has 0 radical (unpaired) electrons. The van der Waals surface area contributed by atoms with Crippen LogP contribution in [0.25, 0.3) is 0 Å². The van der Waals surface area contributed by atoms with Crippen molar-refractivity contribution < 1.29 is 4.79 Å². The van der Waals surface area contributed by atoms with Gasteiger partial charge in [0.2, 0.25) is 5.91 Å². The maximum absolute atomic E-state index is 11.6. The first-order valence-electron chi connectivity index (χ1n) is 6.90. The molecule has 3 nitrogen and oxygen atoms in total. The monoisotopic (exact) mass is 278 g/mol. The van der Waals surface area contributed by atoms with Gasteiger partial charge in [0.15, 0.2) is 0 Å². The molecular formula is C15H22N2OS. The van der Waals surface area contributed by atoms with E-state index in [0.717, 1.165) is 32.5 Å². The number of piperidine rings is 1.